The fourth-order valence-electron chi connectivity index (χ4n) is 1.29. The number of aliphatic hydroxyl groups excluding tert-OH is 4. The molecular weight excluding hydrogens is 248 g/mol. The number of hydrogen-bond donors (Lipinski definition) is 5. The van der Waals surface area contributed by atoms with Crippen molar-refractivity contribution >= 4 is 11.3 Å². The summed E-state index contributed by atoms with van der Waals surface area (Å²) < 4.78 is 4.70. The first kappa shape index (κ1) is 14.5. The molecule has 1 aromatic heterocycles. The number of aromatic nitrogens is 1. The molecule has 1 aromatic rings. The second kappa shape index (κ2) is 6.97. The number of aliphatic hydroxyl groups is 4. The van der Waals surface area contributed by atoms with E-state index >= 15 is 0 Å². The van der Waals surface area contributed by atoms with Crippen molar-refractivity contribution in [2.45, 2.75) is 30.6 Å². The van der Waals surface area contributed by atoms with Gasteiger partial charge in [0.15, 0.2) is 6.29 Å². The van der Waals surface area contributed by atoms with E-state index in [-0.39, 0.29) is 0 Å². The summed E-state index contributed by atoms with van der Waals surface area (Å²) in [5.74, 6) is 0. The van der Waals surface area contributed by atoms with Gasteiger partial charge in [-0.1, -0.05) is 0 Å². The molecule has 7 nitrogen and oxygen atoms in total. The van der Waals surface area contributed by atoms with Crippen LogP contribution in [0.4, 0.5) is 0 Å². The van der Waals surface area contributed by atoms with E-state index < -0.39 is 37.3 Å². The van der Waals surface area contributed by atoms with Gasteiger partial charge in [0.2, 0.25) is 0 Å². The maximum atomic E-state index is 9.20. The zero-order valence-electron chi connectivity index (χ0n) is 8.96. The van der Waals surface area contributed by atoms with Crippen molar-refractivity contribution < 1.29 is 25.2 Å². The number of nitrogens with two attached hydrogens (primary N) is 1. The molecule has 0 bridgehead atoms. The summed E-state index contributed by atoms with van der Waals surface area (Å²) in [6, 6.07) is -1.04. The summed E-state index contributed by atoms with van der Waals surface area (Å²) in [4.78, 5) is 3.74. The molecule has 98 valence electrons. The van der Waals surface area contributed by atoms with E-state index in [0.29, 0.717) is 0 Å². The van der Waals surface area contributed by atoms with Crippen molar-refractivity contribution in [2.75, 3.05) is 6.61 Å². The van der Waals surface area contributed by atoms with Crippen molar-refractivity contribution in [1.82, 2.24) is 4.98 Å². The van der Waals surface area contributed by atoms with Gasteiger partial charge in [-0.15, -0.1) is 11.3 Å². The van der Waals surface area contributed by atoms with E-state index in [2.05, 4.69) is 4.98 Å². The van der Waals surface area contributed by atoms with Gasteiger partial charge >= 0.3 is 0 Å². The van der Waals surface area contributed by atoms with Crippen molar-refractivity contribution in [3.63, 3.8) is 0 Å². The smallest absolute Gasteiger partial charge is 0.173 e. The Bertz CT molecular complexity index is 278. The lowest BCUT2D eigenvalue weighted by Gasteiger charge is -2.38. The molecule has 5 atom stereocenters. The second-order valence-corrected chi connectivity index (χ2v) is 4.24. The maximum Gasteiger partial charge on any atom is 0.173 e. The van der Waals surface area contributed by atoms with Gasteiger partial charge in [-0.05, 0) is 0 Å². The molecule has 2 rings (SSSR count). The average Bonchev–Trinajstić information content (AvgIpc) is 2.90. The SMILES string of the molecule is N[C@H]1C(O)O[C@H](CO)[C@@H](O)[C@@H]1O.c1cscn1. The van der Waals surface area contributed by atoms with Gasteiger partial charge in [0.25, 0.3) is 0 Å². The fourth-order valence-corrected chi connectivity index (χ4v) is 1.64. The first-order chi connectivity index (χ1) is 8.07. The largest absolute Gasteiger partial charge is 0.394 e. The average molecular weight is 264 g/mol. The van der Waals surface area contributed by atoms with Gasteiger partial charge in [-0.25, -0.2) is 0 Å². The van der Waals surface area contributed by atoms with Crippen LogP contribution in [-0.2, 0) is 4.74 Å². The molecule has 1 saturated heterocycles. The normalized spacial score (nSPS) is 37.1. The summed E-state index contributed by atoms with van der Waals surface area (Å²) >= 11 is 1.60. The topological polar surface area (TPSA) is 129 Å². The van der Waals surface area contributed by atoms with Crippen LogP contribution in [0.5, 0.6) is 0 Å². The van der Waals surface area contributed by atoms with Crippen molar-refractivity contribution in [2.24, 2.45) is 5.73 Å². The molecule has 6 N–H and O–H groups in total. The van der Waals surface area contributed by atoms with Crippen LogP contribution in [-0.4, -0.2) is 62.7 Å². The van der Waals surface area contributed by atoms with Gasteiger partial charge in [0.1, 0.15) is 18.3 Å². The molecule has 1 fully saturated rings. The molecule has 0 saturated carbocycles. The minimum absolute atomic E-state index is 0.470. The zero-order chi connectivity index (χ0) is 12.8. The Morgan fingerprint density at radius 3 is 2.41 bits per heavy atom. The van der Waals surface area contributed by atoms with Crippen LogP contribution in [0.1, 0.15) is 0 Å². The first-order valence-corrected chi connectivity index (χ1v) is 5.90. The van der Waals surface area contributed by atoms with Gasteiger partial charge in [0, 0.05) is 11.6 Å². The summed E-state index contributed by atoms with van der Waals surface area (Å²) in [7, 11) is 0. The minimum Gasteiger partial charge on any atom is -0.394 e. The highest BCUT2D eigenvalue weighted by molar-refractivity contribution is 7.07. The second-order valence-electron chi connectivity index (χ2n) is 3.48. The van der Waals surface area contributed by atoms with E-state index in [4.69, 9.17) is 20.7 Å². The predicted molar refractivity (Wildman–Crippen MR) is 60.1 cm³/mol. The van der Waals surface area contributed by atoms with Crippen LogP contribution < -0.4 is 5.73 Å². The highest BCUT2D eigenvalue weighted by atomic mass is 32.1. The Morgan fingerprint density at radius 2 is 2.00 bits per heavy atom. The van der Waals surface area contributed by atoms with Gasteiger partial charge in [0.05, 0.1) is 18.2 Å². The standard InChI is InChI=1S/C6H13NO5.C3H3NS/c7-3-5(10)4(9)2(1-8)12-6(3)11;1-2-5-3-4-1/h2-6,8-11H,1,7H2;1-3H/t2-,3-,4-,5-,6?;/m1./s1. The lowest BCUT2D eigenvalue weighted by molar-refractivity contribution is -0.248. The van der Waals surface area contributed by atoms with Crippen LogP contribution in [0.2, 0.25) is 0 Å². The molecule has 1 unspecified atom stereocenters. The predicted octanol–water partition coefficient (Wildman–Crippen LogP) is -2.11. The summed E-state index contributed by atoms with van der Waals surface area (Å²) in [6.07, 6.45) is -3.08. The molecule has 2 heterocycles. The van der Waals surface area contributed by atoms with Crippen LogP contribution in [0.25, 0.3) is 0 Å². The van der Waals surface area contributed by atoms with Crippen LogP contribution in [0, 0.1) is 0 Å². The van der Waals surface area contributed by atoms with Gasteiger partial charge in [-0.3, -0.25) is 4.98 Å². The first-order valence-electron chi connectivity index (χ1n) is 4.96. The molecule has 17 heavy (non-hydrogen) atoms. The van der Waals surface area contributed by atoms with Crippen molar-refractivity contribution in [1.29, 1.82) is 0 Å². The van der Waals surface area contributed by atoms with Crippen LogP contribution in [0.15, 0.2) is 17.1 Å². The lowest BCUT2D eigenvalue weighted by atomic mass is 9.98. The summed E-state index contributed by atoms with van der Waals surface area (Å²) in [5, 5.41) is 38.0. The Morgan fingerprint density at radius 1 is 1.29 bits per heavy atom. The molecular formula is C9H16N2O5S. The molecule has 0 aliphatic carbocycles. The van der Waals surface area contributed by atoms with E-state index in [1.54, 1.807) is 23.0 Å². The van der Waals surface area contributed by atoms with E-state index in [1.807, 2.05) is 5.38 Å². The summed E-state index contributed by atoms with van der Waals surface area (Å²) in [6.45, 7) is -0.470. The zero-order valence-corrected chi connectivity index (χ0v) is 9.77. The number of hydrogen-bond acceptors (Lipinski definition) is 8. The van der Waals surface area contributed by atoms with Gasteiger partial charge in [-0.2, -0.15) is 0 Å². The molecule has 1 aliphatic rings. The number of ether oxygens (including phenoxy) is 1. The number of nitrogens with zero attached hydrogens (tertiary/aromatic N) is 1. The van der Waals surface area contributed by atoms with E-state index in [9.17, 15) is 10.2 Å². The minimum atomic E-state index is -1.35. The van der Waals surface area contributed by atoms with Gasteiger partial charge < -0.3 is 30.9 Å². The molecule has 0 aromatic carbocycles. The highest BCUT2D eigenvalue weighted by Gasteiger charge is 2.41. The molecule has 0 radical (unpaired) electrons. The van der Waals surface area contributed by atoms with E-state index in [1.165, 1.54) is 0 Å². The molecule has 0 spiro atoms. The fraction of sp³-hybridized carbons (Fsp3) is 0.667. The highest BCUT2D eigenvalue weighted by Crippen LogP contribution is 2.17. The third kappa shape index (κ3) is 3.96. The van der Waals surface area contributed by atoms with E-state index in [0.717, 1.165) is 0 Å². The Balaban J connectivity index is 0.000000239. The third-order valence-electron chi connectivity index (χ3n) is 2.30. The number of rotatable bonds is 1. The Labute approximate surface area is 102 Å². The van der Waals surface area contributed by atoms with Crippen molar-refractivity contribution in [3.8, 4) is 0 Å². The Hall–Kier alpha value is -0.610. The third-order valence-corrected chi connectivity index (χ3v) is 2.82. The quantitative estimate of drug-likeness (QED) is 0.392. The van der Waals surface area contributed by atoms with Crippen molar-refractivity contribution in [3.05, 3.63) is 17.1 Å². The molecule has 0 amide bonds. The van der Waals surface area contributed by atoms with Crippen LogP contribution in [0.3, 0.4) is 0 Å². The lowest BCUT2D eigenvalue weighted by Crippen LogP contribution is -2.61. The van der Waals surface area contributed by atoms with Crippen LogP contribution >= 0.6 is 11.3 Å². The molecule has 1 aliphatic heterocycles. The maximum absolute atomic E-state index is 9.20. The number of thiazole rings is 1. The Kier molecular flexibility index (Phi) is 5.92. The molecule has 8 heteroatoms. The summed E-state index contributed by atoms with van der Waals surface area (Å²) in [5.41, 5.74) is 7.05. The monoisotopic (exact) mass is 264 g/mol.